The number of aromatic nitrogens is 1. The van der Waals surface area contributed by atoms with Crippen LogP contribution in [0.5, 0.6) is 0 Å². The number of nitrogens with zero attached hydrogens (tertiary/aromatic N) is 1. The van der Waals surface area contributed by atoms with E-state index in [0.29, 0.717) is 27.4 Å². The molecule has 0 radical (unpaired) electrons. The second-order valence-corrected chi connectivity index (χ2v) is 10.5. The molecule has 0 bridgehead atoms. The molecule has 2 aromatic rings. The van der Waals surface area contributed by atoms with Crippen molar-refractivity contribution in [1.82, 2.24) is 4.98 Å². The summed E-state index contributed by atoms with van der Waals surface area (Å²) < 4.78 is 5.99. The van der Waals surface area contributed by atoms with Crippen LogP contribution in [0.1, 0.15) is 73.9 Å². The fourth-order valence-corrected chi connectivity index (χ4v) is 5.49. The van der Waals surface area contributed by atoms with Gasteiger partial charge in [-0.05, 0) is 71.9 Å². The fraction of sp³-hybridized carbons (Fsp3) is 0.440. The zero-order valence-electron chi connectivity index (χ0n) is 19.2. The first-order chi connectivity index (χ1) is 14.9. The highest BCUT2D eigenvalue weighted by atomic mass is 35.5. The van der Waals surface area contributed by atoms with Crippen LogP contribution in [0.25, 0.3) is 15.8 Å². The first kappa shape index (κ1) is 24.5. The maximum Gasteiger partial charge on any atom is 0.337 e. The third kappa shape index (κ3) is 4.92. The Bertz CT molecular complexity index is 1140. The van der Waals surface area contributed by atoms with E-state index in [1.165, 1.54) is 16.5 Å². The lowest BCUT2D eigenvalue weighted by Gasteiger charge is -2.28. The third-order valence-electron chi connectivity index (χ3n) is 5.45. The summed E-state index contributed by atoms with van der Waals surface area (Å²) in [5, 5.41) is 22.2. The highest BCUT2D eigenvalue weighted by molar-refractivity contribution is 7.18. The van der Waals surface area contributed by atoms with Crippen LogP contribution in [-0.4, -0.2) is 26.8 Å². The molecule has 2 aromatic heterocycles. The molecule has 3 rings (SSSR count). The first-order valence-corrected chi connectivity index (χ1v) is 11.9. The Morgan fingerprint density at radius 1 is 1.28 bits per heavy atom. The second-order valence-electron chi connectivity index (χ2n) is 9.01. The predicted octanol–water partition coefficient (Wildman–Crippen LogP) is 7.02. The number of rotatable bonds is 6. The van der Waals surface area contributed by atoms with E-state index in [-0.39, 0.29) is 5.76 Å². The lowest BCUT2D eigenvalue weighted by Crippen LogP contribution is -2.29. The van der Waals surface area contributed by atoms with Gasteiger partial charge in [-0.1, -0.05) is 24.3 Å². The SMILES string of the molecule is C=C(/C(O)=C\C(Cl)=C/C)c1c([C@H](OC(C)(C)C)C(=O)O)c(C)nc2sc3c(c12)CCCC3. The summed E-state index contributed by atoms with van der Waals surface area (Å²) in [4.78, 5) is 19.3. The van der Waals surface area contributed by atoms with Gasteiger partial charge in [-0.3, -0.25) is 0 Å². The number of carboxylic acids is 1. The van der Waals surface area contributed by atoms with E-state index in [2.05, 4.69) is 6.58 Å². The molecule has 2 heterocycles. The number of aliphatic hydroxyl groups excluding tert-OH is 1. The van der Waals surface area contributed by atoms with E-state index in [4.69, 9.17) is 21.3 Å². The summed E-state index contributed by atoms with van der Waals surface area (Å²) in [5.74, 6) is -1.23. The largest absolute Gasteiger partial charge is 0.507 e. The Hall–Kier alpha value is -2.15. The molecule has 5 nitrogen and oxygen atoms in total. The van der Waals surface area contributed by atoms with E-state index >= 15 is 0 Å². The number of aryl methyl sites for hydroxylation is 3. The van der Waals surface area contributed by atoms with Crippen LogP contribution >= 0.6 is 22.9 Å². The lowest BCUT2D eigenvalue weighted by molar-refractivity contribution is -0.160. The molecule has 0 aromatic carbocycles. The molecule has 0 aliphatic heterocycles. The average Bonchev–Trinajstić information content (AvgIpc) is 3.07. The van der Waals surface area contributed by atoms with E-state index < -0.39 is 17.7 Å². The number of carbonyl (C=O) groups is 1. The molecule has 32 heavy (non-hydrogen) atoms. The van der Waals surface area contributed by atoms with Gasteiger partial charge in [0.15, 0.2) is 6.10 Å². The van der Waals surface area contributed by atoms with Gasteiger partial charge < -0.3 is 14.9 Å². The number of hydrogen-bond donors (Lipinski definition) is 2. The summed E-state index contributed by atoms with van der Waals surface area (Å²) in [6.07, 6.45) is 5.86. The molecule has 1 atom stereocenters. The minimum atomic E-state index is -1.26. The maximum atomic E-state index is 12.4. The van der Waals surface area contributed by atoms with Crippen LogP contribution in [0.15, 0.2) is 29.5 Å². The fourth-order valence-electron chi connectivity index (χ4n) is 4.07. The molecular weight excluding hydrogens is 446 g/mol. The molecule has 1 aliphatic carbocycles. The normalized spacial score (nSPS) is 16.2. The minimum absolute atomic E-state index is 0.114. The van der Waals surface area contributed by atoms with E-state index in [0.717, 1.165) is 35.9 Å². The number of allylic oxidation sites excluding steroid dienone is 4. The first-order valence-electron chi connectivity index (χ1n) is 10.7. The lowest BCUT2D eigenvalue weighted by atomic mass is 9.87. The number of thiophene rings is 1. The van der Waals surface area contributed by atoms with Crippen molar-refractivity contribution in [1.29, 1.82) is 0 Å². The van der Waals surface area contributed by atoms with Crippen LogP contribution < -0.4 is 0 Å². The Kier molecular flexibility index (Phi) is 7.18. The van der Waals surface area contributed by atoms with Crippen molar-refractivity contribution < 1.29 is 19.7 Å². The molecule has 0 fully saturated rings. The molecule has 2 N–H and O–H groups in total. The molecular formula is C25H30ClNO4S. The standard InChI is InChI=1S/C25H30ClNO4S/c1-7-15(26)12-17(28)13(2)19-20(22(24(29)30)31-25(4,5)6)14(3)27-23-21(19)16-10-8-9-11-18(16)32-23/h7,12,22,28H,2,8-11H2,1,3-6H3,(H,29,30)/b15-7+,17-12+/t22-/m0/s1. The molecule has 7 heteroatoms. The summed E-state index contributed by atoms with van der Waals surface area (Å²) in [6.45, 7) is 13.1. The van der Waals surface area contributed by atoms with Crippen LogP contribution in [0.3, 0.4) is 0 Å². The van der Waals surface area contributed by atoms with Gasteiger partial charge in [-0.25, -0.2) is 9.78 Å². The minimum Gasteiger partial charge on any atom is -0.507 e. The van der Waals surface area contributed by atoms with Gasteiger partial charge in [0.1, 0.15) is 10.6 Å². The third-order valence-corrected chi connectivity index (χ3v) is 6.96. The number of fused-ring (bicyclic) bond motifs is 3. The van der Waals surface area contributed by atoms with Crippen molar-refractivity contribution in [3.8, 4) is 0 Å². The molecule has 0 unspecified atom stereocenters. The van der Waals surface area contributed by atoms with E-state index in [1.54, 1.807) is 31.3 Å². The van der Waals surface area contributed by atoms with Gasteiger partial charge in [0.25, 0.3) is 0 Å². The summed E-state index contributed by atoms with van der Waals surface area (Å²) in [7, 11) is 0. The van der Waals surface area contributed by atoms with Gasteiger partial charge in [0, 0.05) is 37.7 Å². The van der Waals surface area contributed by atoms with Crippen molar-refractivity contribution in [3.63, 3.8) is 0 Å². The quantitative estimate of drug-likeness (QED) is 0.346. The van der Waals surface area contributed by atoms with Crippen LogP contribution in [-0.2, 0) is 22.4 Å². The summed E-state index contributed by atoms with van der Waals surface area (Å²) in [5.41, 5.74) is 2.33. The van der Waals surface area contributed by atoms with Crippen LogP contribution in [0, 0.1) is 6.92 Å². The van der Waals surface area contributed by atoms with Crippen LogP contribution in [0.2, 0.25) is 0 Å². The highest BCUT2D eigenvalue weighted by Crippen LogP contribution is 2.44. The maximum absolute atomic E-state index is 12.4. The summed E-state index contributed by atoms with van der Waals surface area (Å²) >= 11 is 7.77. The monoisotopic (exact) mass is 475 g/mol. The van der Waals surface area contributed by atoms with Crippen molar-refractivity contribution in [2.45, 2.75) is 72.0 Å². The van der Waals surface area contributed by atoms with E-state index in [9.17, 15) is 15.0 Å². The molecule has 0 saturated carbocycles. The molecule has 172 valence electrons. The number of pyridine rings is 1. The smallest absolute Gasteiger partial charge is 0.337 e. The number of aliphatic hydroxyl groups is 1. The number of aliphatic carboxylic acids is 1. The Morgan fingerprint density at radius 3 is 2.53 bits per heavy atom. The topological polar surface area (TPSA) is 79.7 Å². The van der Waals surface area contributed by atoms with Gasteiger partial charge in [0.05, 0.1) is 5.60 Å². The van der Waals surface area contributed by atoms with E-state index in [1.807, 2.05) is 20.8 Å². The Morgan fingerprint density at radius 2 is 1.94 bits per heavy atom. The zero-order valence-corrected chi connectivity index (χ0v) is 20.8. The Labute approximate surface area is 198 Å². The van der Waals surface area contributed by atoms with Crippen molar-refractivity contribution >= 4 is 44.7 Å². The summed E-state index contributed by atoms with van der Waals surface area (Å²) in [6, 6.07) is 0. The van der Waals surface area contributed by atoms with Gasteiger partial charge in [-0.15, -0.1) is 11.3 Å². The number of ether oxygens (including phenoxy) is 1. The number of halogens is 1. The molecule has 1 aliphatic rings. The zero-order chi connectivity index (χ0) is 23.8. The van der Waals surface area contributed by atoms with Crippen LogP contribution in [0.4, 0.5) is 0 Å². The molecule has 0 saturated heterocycles. The number of carboxylic acid groups (broad SMARTS) is 1. The van der Waals surface area contributed by atoms with Crippen molar-refractivity contribution in [2.75, 3.05) is 0 Å². The second kappa shape index (κ2) is 9.38. The average molecular weight is 476 g/mol. The van der Waals surface area contributed by atoms with Crippen molar-refractivity contribution in [3.05, 3.63) is 56.8 Å². The van der Waals surface area contributed by atoms with Crippen molar-refractivity contribution in [2.24, 2.45) is 0 Å². The predicted molar refractivity (Wildman–Crippen MR) is 132 cm³/mol. The molecule has 0 amide bonds. The van der Waals surface area contributed by atoms with Gasteiger partial charge in [-0.2, -0.15) is 0 Å². The van der Waals surface area contributed by atoms with Gasteiger partial charge >= 0.3 is 5.97 Å². The molecule has 0 spiro atoms. The number of hydrogen-bond acceptors (Lipinski definition) is 5. The Balaban J connectivity index is 2.39. The highest BCUT2D eigenvalue weighted by Gasteiger charge is 2.34. The van der Waals surface area contributed by atoms with Gasteiger partial charge in [0.2, 0.25) is 0 Å².